The highest BCUT2D eigenvalue weighted by Gasteiger charge is 2.27. The lowest BCUT2D eigenvalue weighted by molar-refractivity contribution is -0.137. The van der Waals surface area contributed by atoms with Crippen molar-refractivity contribution in [2.24, 2.45) is 5.41 Å². The van der Waals surface area contributed by atoms with Crippen molar-refractivity contribution in [3.05, 3.63) is 12.4 Å². The normalized spacial score (nSPS) is 10.8. The number of carboxylic acid groups (broad SMARTS) is 1. The van der Waals surface area contributed by atoms with Crippen LogP contribution in [0.5, 0.6) is 0 Å². The second kappa shape index (κ2) is 6.73. The van der Waals surface area contributed by atoms with Crippen LogP contribution < -0.4 is 16.0 Å². The quantitative estimate of drug-likeness (QED) is 0.581. The van der Waals surface area contributed by atoms with Crippen LogP contribution in [0.4, 0.5) is 10.5 Å². The first-order valence-electron chi connectivity index (χ1n) is 6.26. The first-order chi connectivity index (χ1) is 9.74. The van der Waals surface area contributed by atoms with Gasteiger partial charge in [-0.2, -0.15) is 5.10 Å². The van der Waals surface area contributed by atoms with E-state index in [1.54, 1.807) is 13.8 Å². The third-order valence-corrected chi connectivity index (χ3v) is 2.72. The zero-order valence-electron chi connectivity index (χ0n) is 12.1. The number of nitrogens with one attached hydrogen (secondary N) is 3. The van der Waals surface area contributed by atoms with Gasteiger partial charge in [-0.3, -0.25) is 14.3 Å². The van der Waals surface area contributed by atoms with Crippen molar-refractivity contribution in [3.8, 4) is 0 Å². The molecule has 0 unspecified atom stereocenters. The summed E-state index contributed by atoms with van der Waals surface area (Å²) < 4.78 is 1.19. The van der Waals surface area contributed by atoms with Crippen LogP contribution in [0.25, 0.3) is 0 Å². The van der Waals surface area contributed by atoms with Crippen LogP contribution in [0.1, 0.15) is 13.8 Å². The largest absolute Gasteiger partial charge is 0.480 e. The highest BCUT2D eigenvalue weighted by atomic mass is 16.4. The van der Waals surface area contributed by atoms with Gasteiger partial charge in [0.1, 0.15) is 6.54 Å². The van der Waals surface area contributed by atoms with E-state index in [-0.39, 0.29) is 19.0 Å². The Morgan fingerprint density at radius 3 is 2.62 bits per heavy atom. The Balaban J connectivity index is 2.49. The lowest BCUT2D eigenvalue weighted by Gasteiger charge is -2.22. The third kappa shape index (κ3) is 5.13. The molecule has 0 saturated heterocycles. The lowest BCUT2D eigenvalue weighted by atomic mass is 9.92. The number of carbonyl (C=O) groups is 3. The third-order valence-electron chi connectivity index (χ3n) is 2.72. The van der Waals surface area contributed by atoms with Gasteiger partial charge in [0.25, 0.3) is 0 Å². The van der Waals surface area contributed by atoms with Crippen LogP contribution in [-0.4, -0.2) is 46.4 Å². The van der Waals surface area contributed by atoms with Gasteiger partial charge in [0.2, 0.25) is 5.91 Å². The summed E-state index contributed by atoms with van der Waals surface area (Å²) in [7, 11) is 1.53. The van der Waals surface area contributed by atoms with Crippen LogP contribution in [0.3, 0.4) is 0 Å². The topological polar surface area (TPSA) is 125 Å². The summed E-state index contributed by atoms with van der Waals surface area (Å²) in [6.07, 6.45) is 2.74. The summed E-state index contributed by atoms with van der Waals surface area (Å²) in [4.78, 5) is 33.8. The van der Waals surface area contributed by atoms with Gasteiger partial charge in [-0.25, -0.2) is 4.79 Å². The highest BCUT2D eigenvalue weighted by molar-refractivity contribution is 5.89. The van der Waals surface area contributed by atoms with Crippen molar-refractivity contribution < 1.29 is 19.5 Å². The molecule has 9 nitrogen and oxygen atoms in total. The molecule has 0 aliphatic rings. The van der Waals surface area contributed by atoms with Gasteiger partial charge in [0.15, 0.2) is 0 Å². The number of aromatic nitrogens is 2. The standard InChI is InChI=1S/C12H19N5O4/c1-12(2,10(20)13-3)7-14-11(21)16-8-4-15-17(5-8)6-9(18)19/h4-5H,6-7H2,1-3H3,(H,13,20)(H,18,19)(H2,14,16,21). The highest BCUT2D eigenvalue weighted by Crippen LogP contribution is 2.13. The molecule has 116 valence electrons. The van der Waals surface area contributed by atoms with Crippen molar-refractivity contribution in [1.29, 1.82) is 0 Å². The molecule has 4 N–H and O–H groups in total. The van der Waals surface area contributed by atoms with Crippen LogP contribution in [-0.2, 0) is 16.1 Å². The van der Waals surface area contributed by atoms with Crippen LogP contribution in [0.15, 0.2) is 12.4 Å². The number of hydrogen-bond acceptors (Lipinski definition) is 4. The Kier molecular flexibility index (Phi) is 5.28. The van der Waals surface area contributed by atoms with Crippen LogP contribution in [0.2, 0.25) is 0 Å². The minimum atomic E-state index is -1.03. The average Bonchev–Trinajstić information content (AvgIpc) is 2.81. The number of anilines is 1. The fraction of sp³-hybridized carbons (Fsp3) is 0.500. The molecule has 0 radical (unpaired) electrons. The summed E-state index contributed by atoms with van der Waals surface area (Å²) in [6, 6.07) is -0.498. The van der Waals surface area contributed by atoms with E-state index >= 15 is 0 Å². The summed E-state index contributed by atoms with van der Waals surface area (Å²) in [6.45, 7) is 3.28. The Hall–Kier alpha value is -2.58. The van der Waals surface area contributed by atoms with Gasteiger partial charge in [0.05, 0.1) is 17.3 Å². The van der Waals surface area contributed by atoms with Crippen molar-refractivity contribution in [1.82, 2.24) is 20.4 Å². The first kappa shape index (κ1) is 16.5. The molecule has 3 amide bonds. The minimum absolute atomic E-state index is 0.155. The number of carbonyl (C=O) groups excluding carboxylic acids is 2. The number of rotatable bonds is 6. The number of amides is 3. The maximum Gasteiger partial charge on any atom is 0.325 e. The maximum absolute atomic E-state index is 11.7. The lowest BCUT2D eigenvalue weighted by Crippen LogP contribution is -2.44. The average molecular weight is 297 g/mol. The molecule has 1 aromatic rings. The predicted octanol–water partition coefficient (Wildman–Crippen LogP) is -0.139. The Morgan fingerprint density at radius 2 is 2.05 bits per heavy atom. The van der Waals surface area contributed by atoms with Crippen LogP contribution in [0, 0.1) is 5.41 Å². The zero-order chi connectivity index (χ0) is 16.0. The second-order valence-electron chi connectivity index (χ2n) is 5.09. The second-order valence-corrected chi connectivity index (χ2v) is 5.09. The van der Waals surface area contributed by atoms with Gasteiger partial charge in [0, 0.05) is 19.8 Å². The van der Waals surface area contributed by atoms with Crippen molar-refractivity contribution in [2.45, 2.75) is 20.4 Å². The molecule has 21 heavy (non-hydrogen) atoms. The molecule has 0 saturated carbocycles. The van der Waals surface area contributed by atoms with Gasteiger partial charge < -0.3 is 21.1 Å². The van der Waals surface area contributed by atoms with E-state index in [1.807, 2.05) is 0 Å². The fourth-order valence-electron chi connectivity index (χ4n) is 1.55. The van der Waals surface area contributed by atoms with E-state index in [0.717, 1.165) is 0 Å². The van der Waals surface area contributed by atoms with Crippen molar-refractivity contribution in [3.63, 3.8) is 0 Å². The van der Waals surface area contributed by atoms with E-state index in [0.29, 0.717) is 5.69 Å². The Bertz CT molecular complexity index is 538. The Labute approximate surface area is 121 Å². The van der Waals surface area contributed by atoms with E-state index in [4.69, 9.17) is 5.11 Å². The molecule has 0 aromatic carbocycles. The summed E-state index contributed by atoms with van der Waals surface area (Å²) in [5.74, 6) is -1.21. The van der Waals surface area contributed by atoms with Gasteiger partial charge >= 0.3 is 12.0 Å². The molecule has 9 heteroatoms. The first-order valence-corrected chi connectivity index (χ1v) is 6.26. The molecule has 1 rings (SSSR count). The summed E-state index contributed by atoms with van der Waals surface area (Å²) in [5.41, 5.74) is -0.369. The van der Waals surface area contributed by atoms with E-state index in [2.05, 4.69) is 21.0 Å². The summed E-state index contributed by atoms with van der Waals surface area (Å²) >= 11 is 0. The molecule has 1 aromatic heterocycles. The molecule has 0 spiro atoms. The predicted molar refractivity (Wildman–Crippen MR) is 74.7 cm³/mol. The van der Waals surface area contributed by atoms with Crippen LogP contribution >= 0.6 is 0 Å². The van der Waals surface area contributed by atoms with E-state index in [1.165, 1.54) is 24.1 Å². The van der Waals surface area contributed by atoms with Gasteiger partial charge in [-0.15, -0.1) is 0 Å². The minimum Gasteiger partial charge on any atom is -0.480 e. The Morgan fingerprint density at radius 1 is 1.38 bits per heavy atom. The molecule has 0 aliphatic heterocycles. The maximum atomic E-state index is 11.7. The van der Waals surface area contributed by atoms with Gasteiger partial charge in [-0.1, -0.05) is 0 Å². The number of carboxylic acids is 1. The number of urea groups is 1. The number of aliphatic carboxylic acids is 1. The molecule has 0 bridgehead atoms. The van der Waals surface area contributed by atoms with E-state index < -0.39 is 17.4 Å². The van der Waals surface area contributed by atoms with Gasteiger partial charge in [-0.05, 0) is 13.8 Å². The number of hydrogen-bond donors (Lipinski definition) is 4. The molecule has 0 aliphatic carbocycles. The smallest absolute Gasteiger partial charge is 0.325 e. The fourth-order valence-corrected chi connectivity index (χ4v) is 1.55. The molecular weight excluding hydrogens is 278 g/mol. The molecular formula is C12H19N5O4. The number of nitrogens with zero attached hydrogens (tertiary/aromatic N) is 2. The zero-order valence-corrected chi connectivity index (χ0v) is 12.1. The monoisotopic (exact) mass is 297 g/mol. The molecule has 1 heterocycles. The molecule has 0 fully saturated rings. The summed E-state index contributed by atoms with van der Waals surface area (Å²) in [5, 5.41) is 20.0. The molecule has 0 atom stereocenters. The van der Waals surface area contributed by atoms with E-state index in [9.17, 15) is 14.4 Å². The van der Waals surface area contributed by atoms with Crippen molar-refractivity contribution >= 4 is 23.6 Å². The van der Waals surface area contributed by atoms with Crippen molar-refractivity contribution in [2.75, 3.05) is 18.9 Å². The SMILES string of the molecule is CNC(=O)C(C)(C)CNC(=O)Nc1cnn(CC(=O)O)c1.